The maximum Gasteiger partial charge on any atom is 0.187 e. The Kier molecular flexibility index (Phi) is 2.87. The molecule has 4 heteroatoms. The molecule has 0 aromatic carbocycles. The van der Waals surface area contributed by atoms with Crippen molar-refractivity contribution in [1.29, 1.82) is 0 Å². The van der Waals surface area contributed by atoms with Crippen molar-refractivity contribution in [3.05, 3.63) is 46.2 Å². The Balaban J connectivity index is 2.11. The number of carbonyl (C=O) groups is 1. The summed E-state index contributed by atoms with van der Waals surface area (Å²) in [6.07, 6.45) is 1.96. The van der Waals surface area contributed by atoms with Gasteiger partial charge in [-0.15, -0.1) is 11.3 Å². The normalized spacial score (nSPS) is 10.2. The zero-order chi connectivity index (χ0) is 10.7. The minimum atomic E-state index is 0.0147. The van der Waals surface area contributed by atoms with Gasteiger partial charge >= 0.3 is 0 Å². The Morgan fingerprint density at radius 3 is 2.93 bits per heavy atom. The molecule has 0 bridgehead atoms. The van der Waals surface area contributed by atoms with Gasteiger partial charge in [-0.1, -0.05) is 6.07 Å². The third-order valence-electron chi connectivity index (χ3n) is 1.96. The van der Waals surface area contributed by atoms with Gasteiger partial charge < -0.3 is 0 Å². The van der Waals surface area contributed by atoms with Gasteiger partial charge in [-0.3, -0.25) is 9.78 Å². The number of pyridine rings is 1. The number of rotatable bonds is 3. The second kappa shape index (κ2) is 4.31. The van der Waals surface area contributed by atoms with E-state index in [1.165, 1.54) is 0 Å². The minimum absolute atomic E-state index is 0.0147. The van der Waals surface area contributed by atoms with Gasteiger partial charge in [0.1, 0.15) is 5.69 Å². The van der Waals surface area contributed by atoms with Crippen molar-refractivity contribution in [3.63, 3.8) is 0 Å². The Hall–Kier alpha value is -1.55. The summed E-state index contributed by atoms with van der Waals surface area (Å²) in [5.41, 5.74) is 1.33. The van der Waals surface area contributed by atoms with Crippen molar-refractivity contribution in [3.8, 4) is 0 Å². The average Bonchev–Trinajstić information content (AvgIpc) is 2.65. The van der Waals surface area contributed by atoms with E-state index in [-0.39, 0.29) is 5.78 Å². The van der Waals surface area contributed by atoms with Crippen molar-refractivity contribution in [2.45, 2.75) is 13.3 Å². The fourth-order valence-electron chi connectivity index (χ4n) is 1.27. The van der Waals surface area contributed by atoms with Crippen LogP contribution in [0.3, 0.4) is 0 Å². The molecular formula is C11H10N2OS. The van der Waals surface area contributed by atoms with Crippen LogP contribution in [0.2, 0.25) is 0 Å². The van der Waals surface area contributed by atoms with Crippen molar-refractivity contribution < 1.29 is 4.79 Å². The van der Waals surface area contributed by atoms with Crippen molar-refractivity contribution in [2.75, 3.05) is 0 Å². The number of hydrogen-bond acceptors (Lipinski definition) is 4. The van der Waals surface area contributed by atoms with Crippen molar-refractivity contribution in [2.24, 2.45) is 0 Å². The molecule has 15 heavy (non-hydrogen) atoms. The molecule has 0 amide bonds. The SMILES string of the molecule is Cc1nc(CC(=O)c2ccccn2)cs1. The molecule has 0 spiro atoms. The molecule has 0 N–H and O–H groups in total. The standard InChI is InChI=1S/C11H10N2OS/c1-8-13-9(7-15-8)6-11(14)10-4-2-3-5-12-10/h2-5,7H,6H2,1H3. The van der Waals surface area contributed by atoms with Crippen LogP contribution in [0.15, 0.2) is 29.8 Å². The molecule has 0 aliphatic heterocycles. The molecule has 76 valence electrons. The zero-order valence-corrected chi connectivity index (χ0v) is 9.12. The maximum atomic E-state index is 11.7. The number of aromatic nitrogens is 2. The Morgan fingerprint density at radius 2 is 2.33 bits per heavy atom. The number of nitrogens with zero attached hydrogens (tertiary/aromatic N) is 2. The molecule has 0 saturated carbocycles. The second-order valence-electron chi connectivity index (χ2n) is 3.17. The summed E-state index contributed by atoms with van der Waals surface area (Å²) in [6.45, 7) is 1.93. The summed E-state index contributed by atoms with van der Waals surface area (Å²) in [5, 5.41) is 2.90. The Morgan fingerprint density at radius 1 is 1.47 bits per heavy atom. The topological polar surface area (TPSA) is 42.9 Å². The predicted molar refractivity (Wildman–Crippen MR) is 59.1 cm³/mol. The fraction of sp³-hybridized carbons (Fsp3) is 0.182. The van der Waals surface area contributed by atoms with Crippen LogP contribution < -0.4 is 0 Å². The largest absolute Gasteiger partial charge is 0.292 e. The summed E-state index contributed by atoms with van der Waals surface area (Å²) in [7, 11) is 0. The molecule has 0 radical (unpaired) electrons. The number of thiazole rings is 1. The highest BCUT2D eigenvalue weighted by molar-refractivity contribution is 7.09. The number of Topliss-reactive ketones (excluding diaryl/α,β-unsaturated/α-hetero) is 1. The van der Waals surface area contributed by atoms with Crippen LogP contribution in [0, 0.1) is 6.92 Å². The molecule has 0 aliphatic rings. The van der Waals surface area contributed by atoms with E-state index in [4.69, 9.17) is 0 Å². The molecule has 0 fully saturated rings. The summed E-state index contributed by atoms with van der Waals surface area (Å²) in [4.78, 5) is 20.0. The summed E-state index contributed by atoms with van der Waals surface area (Å²) in [6, 6.07) is 5.33. The third kappa shape index (κ3) is 2.47. The number of carbonyl (C=O) groups excluding carboxylic acids is 1. The van der Waals surface area contributed by atoms with Gasteiger partial charge in [0.2, 0.25) is 0 Å². The van der Waals surface area contributed by atoms with Crippen LogP contribution in [-0.4, -0.2) is 15.8 Å². The van der Waals surface area contributed by atoms with E-state index in [9.17, 15) is 4.79 Å². The highest BCUT2D eigenvalue weighted by Crippen LogP contribution is 2.10. The smallest absolute Gasteiger partial charge is 0.187 e. The van der Waals surface area contributed by atoms with Crippen LogP contribution in [-0.2, 0) is 6.42 Å². The lowest BCUT2D eigenvalue weighted by atomic mass is 10.1. The maximum absolute atomic E-state index is 11.7. The molecule has 0 saturated heterocycles. The molecule has 2 aromatic rings. The lowest BCUT2D eigenvalue weighted by Gasteiger charge is -1.96. The van der Waals surface area contributed by atoms with Crippen LogP contribution in [0.25, 0.3) is 0 Å². The second-order valence-corrected chi connectivity index (χ2v) is 4.24. The van der Waals surface area contributed by atoms with Gasteiger partial charge in [-0.05, 0) is 19.1 Å². The summed E-state index contributed by atoms with van der Waals surface area (Å²) in [5.74, 6) is 0.0147. The predicted octanol–water partition coefficient (Wildman–Crippen LogP) is 2.27. The van der Waals surface area contributed by atoms with Crippen molar-refractivity contribution in [1.82, 2.24) is 9.97 Å². The highest BCUT2D eigenvalue weighted by Gasteiger charge is 2.09. The van der Waals surface area contributed by atoms with Gasteiger partial charge in [-0.2, -0.15) is 0 Å². The molecule has 0 atom stereocenters. The highest BCUT2D eigenvalue weighted by atomic mass is 32.1. The lowest BCUT2D eigenvalue weighted by Crippen LogP contribution is -2.05. The molecular weight excluding hydrogens is 208 g/mol. The van der Waals surface area contributed by atoms with Gasteiger partial charge in [0.25, 0.3) is 0 Å². The summed E-state index contributed by atoms with van der Waals surface area (Å²) < 4.78 is 0. The fourth-order valence-corrected chi connectivity index (χ4v) is 1.88. The van der Waals surface area contributed by atoms with E-state index in [0.717, 1.165) is 10.7 Å². The first-order chi connectivity index (χ1) is 7.25. The van der Waals surface area contributed by atoms with Crippen LogP contribution >= 0.6 is 11.3 Å². The minimum Gasteiger partial charge on any atom is -0.292 e. The van der Waals surface area contributed by atoms with E-state index in [0.29, 0.717) is 12.1 Å². The summed E-state index contributed by atoms with van der Waals surface area (Å²) >= 11 is 1.56. The zero-order valence-electron chi connectivity index (χ0n) is 8.30. The van der Waals surface area contributed by atoms with E-state index in [2.05, 4.69) is 9.97 Å². The first kappa shape index (κ1) is 9.98. The molecule has 0 aliphatic carbocycles. The lowest BCUT2D eigenvalue weighted by molar-refractivity contribution is 0.0987. The van der Waals surface area contributed by atoms with Crippen LogP contribution in [0.4, 0.5) is 0 Å². The van der Waals surface area contributed by atoms with E-state index < -0.39 is 0 Å². The van der Waals surface area contributed by atoms with Crippen LogP contribution in [0.1, 0.15) is 21.2 Å². The van der Waals surface area contributed by atoms with Crippen LogP contribution in [0.5, 0.6) is 0 Å². The van der Waals surface area contributed by atoms with Gasteiger partial charge in [0.15, 0.2) is 5.78 Å². The number of hydrogen-bond donors (Lipinski definition) is 0. The average molecular weight is 218 g/mol. The van der Waals surface area contributed by atoms with E-state index in [1.54, 1.807) is 29.7 Å². The quantitative estimate of drug-likeness (QED) is 0.742. The number of ketones is 1. The first-order valence-corrected chi connectivity index (χ1v) is 5.49. The van der Waals surface area contributed by atoms with Crippen molar-refractivity contribution >= 4 is 17.1 Å². The Bertz CT molecular complexity index is 464. The molecule has 3 nitrogen and oxygen atoms in total. The van der Waals surface area contributed by atoms with Gasteiger partial charge in [-0.25, -0.2) is 4.98 Å². The molecule has 2 rings (SSSR count). The monoisotopic (exact) mass is 218 g/mol. The van der Waals surface area contributed by atoms with E-state index >= 15 is 0 Å². The third-order valence-corrected chi connectivity index (χ3v) is 2.78. The molecule has 2 aromatic heterocycles. The first-order valence-electron chi connectivity index (χ1n) is 4.61. The van der Waals surface area contributed by atoms with Gasteiger partial charge in [0.05, 0.1) is 17.1 Å². The van der Waals surface area contributed by atoms with E-state index in [1.807, 2.05) is 18.4 Å². The molecule has 2 heterocycles. The molecule has 0 unspecified atom stereocenters. The number of aryl methyl sites for hydroxylation is 1. The van der Waals surface area contributed by atoms with Gasteiger partial charge in [0, 0.05) is 11.6 Å². The Labute approximate surface area is 91.8 Å².